The minimum Gasteiger partial charge on any atom is -0.369 e. The molecule has 0 aliphatic rings. The monoisotopic (exact) mass is 271 g/mol. The molecule has 0 saturated carbocycles. The van der Waals surface area contributed by atoms with Crippen molar-refractivity contribution >= 4 is 26.9 Å². The molecule has 0 aliphatic heterocycles. The molecule has 2 aromatic rings. The largest absolute Gasteiger partial charge is 0.369 e. The molecule has 0 unspecified atom stereocenters. The Labute approximate surface area is 103 Å². The summed E-state index contributed by atoms with van der Waals surface area (Å²) >= 11 is 0. The number of nitrogens with zero attached hydrogens (tertiary/aromatic N) is 2. The quantitative estimate of drug-likeness (QED) is 0.674. The summed E-state index contributed by atoms with van der Waals surface area (Å²) in [6.45, 7) is 3.00. The van der Waals surface area contributed by atoms with Crippen molar-refractivity contribution in [3.8, 4) is 0 Å². The summed E-state index contributed by atoms with van der Waals surface area (Å²) in [5.74, 6) is 0.0892. The number of sulfone groups is 1. The molecule has 0 amide bonds. The number of nitrogens with one attached hydrogen (secondary N) is 2. The molecule has 0 aliphatic carbocycles. The van der Waals surface area contributed by atoms with Crippen molar-refractivity contribution in [2.24, 2.45) is 0 Å². The number of rotatable bonds is 2. The summed E-state index contributed by atoms with van der Waals surface area (Å²) in [6, 6.07) is 0. The highest BCUT2D eigenvalue weighted by Crippen LogP contribution is 2.27. The minimum absolute atomic E-state index is 0.0669. The number of hydrogen-bond acceptors (Lipinski definition) is 6. The van der Waals surface area contributed by atoms with Crippen LogP contribution in [-0.4, -0.2) is 34.6 Å². The summed E-state index contributed by atoms with van der Waals surface area (Å²) in [5.41, 5.74) is 5.11. The van der Waals surface area contributed by atoms with Gasteiger partial charge in [-0.05, 0) is 13.8 Å². The van der Waals surface area contributed by atoms with Crippen LogP contribution in [0, 0.1) is 0 Å². The van der Waals surface area contributed by atoms with Crippen LogP contribution in [0.15, 0.2) is 4.79 Å². The van der Waals surface area contributed by atoms with Gasteiger partial charge in [0.25, 0.3) is 5.56 Å². The summed E-state index contributed by atoms with van der Waals surface area (Å²) < 4.78 is 22.1. The molecule has 8 nitrogen and oxygen atoms in total. The third kappa shape index (κ3) is 1.76. The number of anilines is 1. The number of aromatic nitrogens is 4. The second-order valence-electron chi connectivity index (χ2n) is 4.52. The van der Waals surface area contributed by atoms with E-state index in [1.54, 1.807) is 0 Å². The lowest BCUT2D eigenvalue weighted by Crippen LogP contribution is -2.29. The van der Waals surface area contributed by atoms with Gasteiger partial charge in [0.15, 0.2) is 21.0 Å². The van der Waals surface area contributed by atoms with Gasteiger partial charge in [-0.2, -0.15) is 4.98 Å². The number of aromatic amines is 2. The molecule has 0 spiro atoms. The van der Waals surface area contributed by atoms with Gasteiger partial charge < -0.3 is 10.7 Å². The zero-order valence-corrected chi connectivity index (χ0v) is 10.9. The Morgan fingerprint density at radius 3 is 2.39 bits per heavy atom. The van der Waals surface area contributed by atoms with Gasteiger partial charge in [-0.1, -0.05) is 0 Å². The van der Waals surface area contributed by atoms with Crippen LogP contribution in [0.2, 0.25) is 0 Å². The maximum absolute atomic E-state index is 11.7. The Morgan fingerprint density at radius 2 is 1.83 bits per heavy atom. The average Bonchev–Trinajstić information content (AvgIpc) is 2.59. The Hall–Kier alpha value is -1.90. The third-order valence-electron chi connectivity index (χ3n) is 2.88. The van der Waals surface area contributed by atoms with Crippen LogP contribution in [0.4, 0.5) is 5.95 Å². The molecule has 18 heavy (non-hydrogen) atoms. The fourth-order valence-corrected chi connectivity index (χ4v) is 1.83. The summed E-state index contributed by atoms with van der Waals surface area (Å²) in [6.07, 6.45) is 1.10. The Balaban J connectivity index is 2.77. The maximum atomic E-state index is 11.7. The topological polar surface area (TPSA) is 135 Å². The van der Waals surface area contributed by atoms with Gasteiger partial charge in [-0.25, -0.2) is 13.4 Å². The Kier molecular flexibility index (Phi) is 2.47. The van der Waals surface area contributed by atoms with E-state index in [-0.39, 0.29) is 22.9 Å². The van der Waals surface area contributed by atoms with Crippen LogP contribution in [0.25, 0.3) is 11.2 Å². The van der Waals surface area contributed by atoms with Crippen LogP contribution < -0.4 is 11.3 Å². The predicted molar refractivity (Wildman–Crippen MR) is 66.8 cm³/mol. The zero-order valence-electron chi connectivity index (χ0n) is 10.1. The van der Waals surface area contributed by atoms with Gasteiger partial charge in [0.1, 0.15) is 10.6 Å². The van der Waals surface area contributed by atoms with Crippen molar-refractivity contribution in [2.75, 3.05) is 12.0 Å². The summed E-state index contributed by atoms with van der Waals surface area (Å²) in [4.78, 5) is 24.5. The first-order valence-electron chi connectivity index (χ1n) is 5.08. The molecular weight excluding hydrogens is 258 g/mol. The molecule has 4 N–H and O–H groups in total. The summed E-state index contributed by atoms with van der Waals surface area (Å²) in [7, 11) is -3.39. The van der Waals surface area contributed by atoms with Gasteiger partial charge in [-0.15, -0.1) is 0 Å². The molecule has 2 aromatic heterocycles. The van der Waals surface area contributed by atoms with E-state index in [9.17, 15) is 13.2 Å². The smallest absolute Gasteiger partial charge is 0.278 e. The van der Waals surface area contributed by atoms with Crippen molar-refractivity contribution in [3.63, 3.8) is 0 Å². The number of nitrogens with two attached hydrogens (primary N) is 1. The van der Waals surface area contributed by atoms with E-state index in [1.165, 1.54) is 13.8 Å². The van der Waals surface area contributed by atoms with Crippen molar-refractivity contribution in [3.05, 3.63) is 16.2 Å². The van der Waals surface area contributed by atoms with Gasteiger partial charge in [0.2, 0.25) is 5.95 Å². The van der Waals surface area contributed by atoms with E-state index >= 15 is 0 Å². The van der Waals surface area contributed by atoms with Crippen LogP contribution >= 0.6 is 0 Å². The van der Waals surface area contributed by atoms with Gasteiger partial charge in [-0.3, -0.25) is 9.78 Å². The van der Waals surface area contributed by atoms with Gasteiger partial charge in [0, 0.05) is 6.26 Å². The molecule has 0 radical (unpaired) electrons. The van der Waals surface area contributed by atoms with E-state index in [0.29, 0.717) is 0 Å². The van der Waals surface area contributed by atoms with Crippen molar-refractivity contribution in [1.82, 2.24) is 19.9 Å². The van der Waals surface area contributed by atoms with Crippen LogP contribution in [0.5, 0.6) is 0 Å². The lowest BCUT2D eigenvalue weighted by atomic mass is 10.2. The first-order chi connectivity index (χ1) is 8.13. The Morgan fingerprint density at radius 1 is 1.22 bits per heavy atom. The third-order valence-corrected chi connectivity index (χ3v) is 4.92. The fraction of sp³-hybridized carbons (Fsp3) is 0.444. The zero-order chi connectivity index (χ0) is 13.7. The standard InChI is InChI=1S/C9H13N5O3S/c1-9(2,18(3,16)17)7-11-4-5(12-7)13-8(10)14-6(4)15/h1-3H3,(H4,10,11,12,13,14,15). The van der Waals surface area contributed by atoms with E-state index in [1.807, 2.05) is 0 Å². The highest BCUT2D eigenvalue weighted by atomic mass is 32.2. The maximum Gasteiger partial charge on any atom is 0.278 e. The van der Waals surface area contributed by atoms with Crippen LogP contribution in [-0.2, 0) is 14.6 Å². The van der Waals surface area contributed by atoms with E-state index in [0.717, 1.165) is 6.26 Å². The number of imidazole rings is 1. The average molecular weight is 271 g/mol. The Bertz CT molecular complexity index is 771. The molecule has 2 heterocycles. The molecule has 0 fully saturated rings. The highest BCUT2D eigenvalue weighted by Gasteiger charge is 2.36. The highest BCUT2D eigenvalue weighted by molar-refractivity contribution is 7.91. The minimum atomic E-state index is -3.39. The molecule has 0 aromatic carbocycles. The molecular formula is C9H13N5O3S. The predicted octanol–water partition coefficient (Wildman–Crippen LogP) is -0.492. The van der Waals surface area contributed by atoms with E-state index in [2.05, 4.69) is 19.9 Å². The number of nitrogen functional groups attached to an aromatic ring is 1. The lowest BCUT2D eigenvalue weighted by molar-refractivity contribution is 0.552. The second kappa shape index (κ2) is 3.55. The first-order valence-corrected chi connectivity index (χ1v) is 6.97. The van der Waals surface area contributed by atoms with Crippen LogP contribution in [0.1, 0.15) is 19.7 Å². The fourth-order valence-electron chi connectivity index (χ4n) is 1.38. The number of hydrogen-bond donors (Lipinski definition) is 3. The number of H-pyrrole nitrogens is 2. The lowest BCUT2D eigenvalue weighted by Gasteiger charge is -2.19. The molecule has 2 rings (SSSR count). The first kappa shape index (κ1) is 12.6. The van der Waals surface area contributed by atoms with Crippen molar-refractivity contribution in [1.29, 1.82) is 0 Å². The summed E-state index contributed by atoms with van der Waals surface area (Å²) in [5, 5.41) is 0. The SMILES string of the molecule is CC(C)(c1nc2nc(N)[nH]c(=O)c2[nH]1)S(C)(=O)=O. The number of fused-ring (bicyclic) bond motifs is 1. The van der Waals surface area contributed by atoms with Gasteiger partial charge in [0.05, 0.1) is 0 Å². The van der Waals surface area contributed by atoms with Gasteiger partial charge >= 0.3 is 0 Å². The van der Waals surface area contributed by atoms with Crippen molar-refractivity contribution in [2.45, 2.75) is 18.6 Å². The van der Waals surface area contributed by atoms with E-state index in [4.69, 9.17) is 5.73 Å². The molecule has 0 saturated heterocycles. The molecule has 0 bridgehead atoms. The molecule has 9 heteroatoms. The van der Waals surface area contributed by atoms with Crippen LogP contribution in [0.3, 0.4) is 0 Å². The van der Waals surface area contributed by atoms with E-state index < -0.39 is 20.1 Å². The molecule has 98 valence electrons. The molecule has 0 atom stereocenters. The normalized spacial score (nSPS) is 13.1. The van der Waals surface area contributed by atoms with Crippen molar-refractivity contribution < 1.29 is 8.42 Å². The second-order valence-corrected chi connectivity index (χ2v) is 7.08.